The number of nitrogens with one attached hydrogen (secondary N) is 1. The molecule has 0 unspecified atom stereocenters. The van der Waals surface area contributed by atoms with Crippen LogP contribution in [0.4, 0.5) is 5.69 Å². The van der Waals surface area contributed by atoms with Crippen molar-refractivity contribution in [3.8, 4) is 5.75 Å². The molecule has 0 aliphatic heterocycles. The van der Waals surface area contributed by atoms with E-state index in [0.29, 0.717) is 25.7 Å². The molecule has 1 aliphatic rings. The van der Waals surface area contributed by atoms with Gasteiger partial charge in [-0.15, -0.1) is 0 Å². The van der Waals surface area contributed by atoms with E-state index in [-0.39, 0.29) is 40.8 Å². The molecule has 108 valence electrons. The molecule has 20 heavy (non-hydrogen) atoms. The Kier molecular flexibility index (Phi) is 4.12. The summed E-state index contributed by atoms with van der Waals surface area (Å²) in [5.41, 5.74) is 11.2. The zero-order chi connectivity index (χ0) is 14.7. The van der Waals surface area contributed by atoms with Gasteiger partial charge in [0, 0.05) is 12.0 Å². The molecule has 6 heteroatoms. The molecule has 6 nitrogen and oxygen atoms in total. The molecular formula is C14H19N3O3. The summed E-state index contributed by atoms with van der Waals surface area (Å²) in [5.74, 6) is -0.916. The fourth-order valence-corrected chi connectivity index (χ4v) is 2.53. The van der Waals surface area contributed by atoms with Gasteiger partial charge in [-0.25, -0.2) is 0 Å². The summed E-state index contributed by atoms with van der Waals surface area (Å²) in [6, 6.07) is 4.67. The summed E-state index contributed by atoms with van der Waals surface area (Å²) in [5, 5.41) is 12.6. The van der Waals surface area contributed by atoms with E-state index in [2.05, 4.69) is 5.32 Å². The number of amides is 2. The molecule has 1 aliphatic carbocycles. The zero-order valence-corrected chi connectivity index (χ0v) is 11.1. The third kappa shape index (κ3) is 3.01. The molecular weight excluding hydrogens is 258 g/mol. The molecule has 1 aromatic rings. The number of para-hydroxylation sites is 1. The lowest BCUT2D eigenvalue weighted by Gasteiger charge is -2.27. The van der Waals surface area contributed by atoms with Crippen LogP contribution in [0.15, 0.2) is 18.2 Å². The lowest BCUT2D eigenvalue weighted by atomic mass is 9.85. The standard InChI is InChI=1S/C14H19N3O3/c15-11-3-1-2-10(12(11)18)14(20)17-9-6-4-8(5-7-9)13(16)19/h1-3,8-9,18H,4-7,15H2,(H2,16,19)(H,17,20). The van der Waals surface area contributed by atoms with E-state index < -0.39 is 0 Å². The molecule has 1 fully saturated rings. The summed E-state index contributed by atoms with van der Waals surface area (Å²) in [6.07, 6.45) is 2.79. The van der Waals surface area contributed by atoms with E-state index in [1.165, 1.54) is 12.1 Å². The number of nitrogen functional groups attached to an aromatic ring is 1. The molecule has 0 bridgehead atoms. The highest BCUT2D eigenvalue weighted by Gasteiger charge is 2.26. The van der Waals surface area contributed by atoms with Crippen molar-refractivity contribution in [2.24, 2.45) is 11.7 Å². The zero-order valence-electron chi connectivity index (χ0n) is 11.1. The van der Waals surface area contributed by atoms with Gasteiger partial charge in [-0.3, -0.25) is 9.59 Å². The molecule has 0 heterocycles. The maximum absolute atomic E-state index is 12.1. The molecule has 0 aromatic heterocycles. The van der Waals surface area contributed by atoms with Crippen LogP contribution in [0.25, 0.3) is 0 Å². The molecule has 0 saturated heterocycles. The molecule has 2 rings (SSSR count). The van der Waals surface area contributed by atoms with E-state index in [0.717, 1.165) is 0 Å². The molecule has 0 radical (unpaired) electrons. The maximum atomic E-state index is 12.1. The summed E-state index contributed by atoms with van der Waals surface area (Å²) in [6.45, 7) is 0. The van der Waals surface area contributed by atoms with Crippen LogP contribution in [0.2, 0.25) is 0 Å². The van der Waals surface area contributed by atoms with Gasteiger partial charge in [-0.05, 0) is 37.8 Å². The van der Waals surface area contributed by atoms with Crippen LogP contribution in [0, 0.1) is 5.92 Å². The van der Waals surface area contributed by atoms with Crippen molar-refractivity contribution in [2.75, 3.05) is 5.73 Å². The van der Waals surface area contributed by atoms with Gasteiger partial charge in [0.1, 0.15) is 0 Å². The normalized spacial score (nSPS) is 22.2. The Morgan fingerprint density at radius 3 is 2.45 bits per heavy atom. The van der Waals surface area contributed by atoms with Gasteiger partial charge >= 0.3 is 0 Å². The number of benzene rings is 1. The Labute approximate surface area is 117 Å². The van der Waals surface area contributed by atoms with Gasteiger partial charge in [0.2, 0.25) is 5.91 Å². The van der Waals surface area contributed by atoms with Crippen molar-refractivity contribution in [1.82, 2.24) is 5.32 Å². The first kappa shape index (κ1) is 14.2. The number of nitrogens with two attached hydrogens (primary N) is 2. The van der Waals surface area contributed by atoms with E-state index in [4.69, 9.17) is 11.5 Å². The second-order valence-electron chi connectivity index (χ2n) is 5.17. The van der Waals surface area contributed by atoms with Crippen molar-refractivity contribution in [1.29, 1.82) is 0 Å². The van der Waals surface area contributed by atoms with Gasteiger partial charge in [0.05, 0.1) is 11.3 Å². The highest BCUT2D eigenvalue weighted by Crippen LogP contribution is 2.27. The Morgan fingerprint density at radius 2 is 1.85 bits per heavy atom. The van der Waals surface area contributed by atoms with Crippen LogP contribution >= 0.6 is 0 Å². The van der Waals surface area contributed by atoms with Crippen LogP contribution < -0.4 is 16.8 Å². The van der Waals surface area contributed by atoms with Crippen molar-refractivity contribution in [3.05, 3.63) is 23.8 Å². The Bertz CT molecular complexity index is 522. The number of rotatable bonds is 3. The molecule has 2 amide bonds. The number of phenolic OH excluding ortho intramolecular Hbond substituents is 1. The molecule has 0 spiro atoms. The minimum atomic E-state index is -0.350. The van der Waals surface area contributed by atoms with E-state index in [9.17, 15) is 14.7 Å². The van der Waals surface area contributed by atoms with Gasteiger partial charge < -0.3 is 21.9 Å². The predicted molar refractivity (Wildman–Crippen MR) is 74.9 cm³/mol. The SMILES string of the molecule is NC(=O)C1CCC(NC(=O)c2cccc(N)c2O)CC1. The first-order chi connectivity index (χ1) is 9.49. The smallest absolute Gasteiger partial charge is 0.255 e. The minimum Gasteiger partial charge on any atom is -0.505 e. The van der Waals surface area contributed by atoms with E-state index in [1.807, 2.05) is 0 Å². The summed E-state index contributed by atoms with van der Waals surface area (Å²) >= 11 is 0. The second-order valence-corrected chi connectivity index (χ2v) is 5.17. The quantitative estimate of drug-likeness (QED) is 0.481. The molecule has 0 atom stereocenters. The monoisotopic (exact) mass is 277 g/mol. The number of hydrogen-bond donors (Lipinski definition) is 4. The Hall–Kier alpha value is -2.24. The second kappa shape index (κ2) is 5.81. The number of carbonyl (C=O) groups is 2. The van der Waals surface area contributed by atoms with Crippen LogP contribution in [0.5, 0.6) is 5.75 Å². The van der Waals surface area contributed by atoms with Crippen molar-refractivity contribution >= 4 is 17.5 Å². The Morgan fingerprint density at radius 1 is 1.20 bits per heavy atom. The highest BCUT2D eigenvalue weighted by molar-refractivity contribution is 5.98. The van der Waals surface area contributed by atoms with Gasteiger partial charge in [0.15, 0.2) is 5.75 Å². The summed E-state index contributed by atoms with van der Waals surface area (Å²) in [4.78, 5) is 23.2. The fourth-order valence-electron chi connectivity index (χ4n) is 2.53. The predicted octanol–water partition coefficient (Wildman–Crippen LogP) is 0.748. The number of carbonyl (C=O) groups excluding carboxylic acids is 2. The van der Waals surface area contributed by atoms with Crippen LogP contribution in [-0.4, -0.2) is 23.0 Å². The Balaban J connectivity index is 1.96. The minimum absolute atomic E-state index is 0.000990. The van der Waals surface area contributed by atoms with Crippen molar-refractivity contribution in [2.45, 2.75) is 31.7 Å². The number of primary amides is 1. The third-order valence-corrected chi connectivity index (χ3v) is 3.78. The lowest BCUT2D eigenvalue weighted by Crippen LogP contribution is -2.39. The van der Waals surface area contributed by atoms with Crippen molar-refractivity contribution < 1.29 is 14.7 Å². The topological polar surface area (TPSA) is 118 Å². The molecule has 1 aromatic carbocycles. The summed E-state index contributed by atoms with van der Waals surface area (Å²) in [7, 11) is 0. The van der Waals surface area contributed by atoms with Crippen molar-refractivity contribution in [3.63, 3.8) is 0 Å². The number of aromatic hydroxyl groups is 1. The van der Waals surface area contributed by atoms with E-state index >= 15 is 0 Å². The average Bonchev–Trinajstić information content (AvgIpc) is 2.42. The lowest BCUT2D eigenvalue weighted by molar-refractivity contribution is -0.122. The van der Waals surface area contributed by atoms with Crippen LogP contribution in [0.1, 0.15) is 36.0 Å². The first-order valence-corrected chi connectivity index (χ1v) is 6.66. The highest BCUT2D eigenvalue weighted by atomic mass is 16.3. The van der Waals surface area contributed by atoms with Gasteiger partial charge in [-0.2, -0.15) is 0 Å². The fraction of sp³-hybridized carbons (Fsp3) is 0.429. The number of phenols is 1. The van der Waals surface area contributed by atoms with Gasteiger partial charge in [0.25, 0.3) is 5.91 Å². The number of anilines is 1. The van der Waals surface area contributed by atoms with Gasteiger partial charge in [-0.1, -0.05) is 6.07 Å². The summed E-state index contributed by atoms with van der Waals surface area (Å²) < 4.78 is 0. The maximum Gasteiger partial charge on any atom is 0.255 e. The average molecular weight is 277 g/mol. The number of hydrogen-bond acceptors (Lipinski definition) is 4. The van der Waals surface area contributed by atoms with Crippen LogP contribution in [-0.2, 0) is 4.79 Å². The molecule has 6 N–H and O–H groups in total. The largest absolute Gasteiger partial charge is 0.505 e. The van der Waals surface area contributed by atoms with E-state index in [1.54, 1.807) is 6.07 Å². The molecule has 1 saturated carbocycles. The third-order valence-electron chi connectivity index (χ3n) is 3.78. The van der Waals surface area contributed by atoms with Crippen LogP contribution in [0.3, 0.4) is 0 Å². The first-order valence-electron chi connectivity index (χ1n) is 6.66.